The van der Waals surface area contributed by atoms with Crippen molar-refractivity contribution in [3.05, 3.63) is 35.4 Å². The lowest BCUT2D eigenvalue weighted by Crippen LogP contribution is -2.51. The van der Waals surface area contributed by atoms with Crippen molar-refractivity contribution in [2.24, 2.45) is 4.99 Å². The normalized spacial score (nSPS) is 15.4. The number of alkyl halides is 3. The zero-order valence-corrected chi connectivity index (χ0v) is 17.8. The predicted octanol–water partition coefficient (Wildman–Crippen LogP) is 2.06. The van der Waals surface area contributed by atoms with Gasteiger partial charge in [0.25, 0.3) is 0 Å². The Morgan fingerprint density at radius 3 is 2.52 bits per heavy atom. The highest BCUT2D eigenvalue weighted by molar-refractivity contribution is 5.86. The minimum Gasteiger partial charge on any atom is -0.453 e. The summed E-state index contributed by atoms with van der Waals surface area (Å²) in [6.45, 7) is 1.00. The molecule has 0 atom stereocenters. The van der Waals surface area contributed by atoms with Gasteiger partial charge in [-0.1, -0.05) is 12.1 Å². The molecule has 0 aliphatic carbocycles. The molecule has 1 aromatic rings. The number of benzene rings is 1. The maximum Gasteiger partial charge on any atom is 0.416 e. The van der Waals surface area contributed by atoms with Gasteiger partial charge in [0.1, 0.15) is 0 Å². The molecular formula is C20H28F3N5O3. The van der Waals surface area contributed by atoms with Crippen LogP contribution in [0.2, 0.25) is 0 Å². The molecular weight excluding hydrogens is 415 g/mol. The smallest absolute Gasteiger partial charge is 0.416 e. The minimum absolute atomic E-state index is 0.0103. The summed E-state index contributed by atoms with van der Waals surface area (Å²) in [4.78, 5) is 30.9. The molecule has 172 valence electrons. The number of nitrogens with one attached hydrogen (secondary N) is 2. The summed E-state index contributed by atoms with van der Waals surface area (Å²) in [6.07, 6.45) is -3.53. The van der Waals surface area contributed by atoms with E-state index >= 15 is 0 Å². The van der Waals surface area contributed by atoms with Crippen LogP contribution in [0, 0.1) is 0 Å². The zero-order valence-electron chi connectivity index (χ0n) is 17.8. The first-order chi connectivity index (χ1) is 14.6. The van der Waals surface area contributed by atoms with Gasteiger partial charge in [0, 0.05) is 33.2 Å². The number of aliphatic imine (C=N–C) groups is 1. The largest absolute Gasteiger partial charge is 0.453 e. The maximum atomic E-state index is 12.9. The number of hydrogen-bond acceptors (Lipinski definition) is 4. The second-order valence-corrected chi connectivity index (χ2v) is 7.38. The Kier molecular flexibility index (Phi) is 8.52. The average Bonchev–Trinajstić information content (AvgIpc) is 2.74. The third-order valence-electron chi connectivity index (χ3n) is 4.85. The van der Waals surface area contributed by atoms with Crippen molar-refractivity contribution in [2.75, 3.05) is 40.8 Å². The van der Waals surface area contributed by atoms with Crippen molar-refractivity contribution in [1.29, 1.82) is 0 Å². The number of carbonyl (C=O) groups excluding carboxylic acids is 2. The number of carbonyl (C=O) groups is 2. The van der Waals surface area contributed by atoms with Gasteiger partial charge in [0.2, 0.25) is 5.91 Å². The minimum atomic E-state index is -4.43. The molecule has 1 aliphatic heterocycles. The molecule has 1 fully saturated rings. The number of hydrogen-bond donors (Lipinski definition) is 2. The number of amides is 2. The van der Waals surface area contributed by atoms with E-state index in [1.54, 1.807) is 25.1 Å². The second kappa shape index (κ2) is 10.9. The lowest BCUT2D eigenvalue weighted by molar-refractivity contribution is -0.137. The molecule has 8 nitrogen and oxygen atoms in total. The molecule has 1 heterocycles. The number of nitrogens with zero attached hydrogens (tertiary/aromatic N) is 3. The highest BCUT2D eigenvalue weighted by atomic mass is 19.4. The third-order valence-corrected chi connectivity index (χ3v) is 4.85. The van der Waals surface area contributed by atoms with E-state index in [0.29, 0.717) is 37.5 Å². The lowest BCUT2D eigenvalue weighted by Gasteiger charge is -2.32. The number of methoxy groups -OCH3 is 1. The highest BCUT2D eigenvalue weighted by Crippen LogP contribution is 2.29. The van der Waals surface area contributed by atoms with Crippen molar-refractivity contribution in [3.63, 3.8) is 0 Å². The van der Waals surface area contributed by atoms with Gasteiger partial charge in [-0.3, -0.25) is 4.79 Å². The van der Waals surface area contributed by atoms with Crippen LogP contribution in [0.1, 0.15) is 24.0 Å². The molecule has 0 saturated carbocycles. The lowest BCUT2D eigenvalue weighted by atomic mass is 10.1. The Morgan fingerprint density at radius 2 is 1.94 bits per heavy atom. The van der Waals surface area contributed by atoms with Crippen LogP contribution in [0.25, 0.3) is 0 Å². The van der Waals surface area contributed by atoms with Crippen LogP contribution in [0.15, 0.2) is 29.3 Å². The van der Waals surface area contributed by atoms with Crippen LogP contribution in [0.5, 0.6) is 0 Å². The number of ether oxygens (including phenoxy) is 1. The van der Waals surface area contributed by atoms with Crippen LogP contribution < -0.4 is 10.6 Å². The van der Waals surface area contributed by atoms with E-state index in [-0.39, 0.29) is 31.1 Å². The standard InChI is InChI=1S/C20H28F3N5O3/c1-27(2)17(29)13-25-18(26-16-7-9-28(10-8-16)19(30)31-3)24-12-14-5-4-6-15(11-14)20(21,22)23/h4-6,11,16H,7-10,12-13H2,1-3H3,(H2,24,25,26). The maximum absolute atomic E-state index is 12.9. The molecule has 0 radical (unpaired) electrons. The first-order valence-corrected chi connectivity index (χ1v) is 9.84. The van der Waals surface area contributed by atoms with Crippen LogP contribution >= 0.6 is 0 Å². The monoisotopic (exact) mass is 443 g/mol. The van der Waals surface area contributed by atoms with Crippen molar-refractivity contribution < 1.29 is 27.5 Å². The van der Waals surface area contributed by atoms with Gasteiger partial charge in [-0.15, -0.1) is 0 Å². The highest BCUT2D eigenvalue weighted by Gasteiger charge is 2.30. The van der Waals surface area contributed by atoms with E-state index in [0.717, 1.165) is 12.1 Å². The summed E-state index contributed by atoms with van der Waals surface area (Å²) in [5.74, 6) is 0.151. The van der Waals surface area contributed by atoms with Crippen LogP contribution in [-0.2, 0) is 22.3 Å². The molecule has 2 amide bonds. The van der Waals surface area contributed by atoms with E-state index in [9.17, 15) is 22.8 Å². The van der Waals surface area contributed by atoms with Crippen LogP contribution in [0.4, 0.5) is 18.0 Å². The molecule has 2 N–H and O–H groups in total. The van der Waals surface area contributed by atoms with Crippen molar-refractivity contribution in [1.82, 2.24) is 20.4 Å². The van der Waals surface area contributed by atoms with Crippen molar-refractivity contribution in [2.45, 2.75) is 31.6 Å². The van der Waals surface area contributed by atoms with Crippen LogP contribution in [-0.4, -0.2) is 74.6 Å². The Morgan fingerprint density at radius 1 is 1.26 bits per heavy atom. The molecule has 0 aromatic heterocycles. The van der Waals surface area contributed by atoms with Gasteiger partial charge in [0.05, 0.1) is 25.8 Å². The van der Waals surface area contributed by atoms with E-state index in [1.807, 2.05) is 0 Å². The third kappa shape index (κ3) is 7.65. The summed E-state index contributed by atoms with van der Waals surface area (Å²) in [5.41, 5.74) is -0.337. The average molecular weight is 443 g/mol. The summed E-state index contributed by atoms with van der Waals surface area (Å²) < 4.78 is 43.5. The number of halogens is 3. The second-order valence-electron chi connectivity index (χ2n) is 7.38. The van der Waals surface area contributed by atoms with Crippen LogP contribution in [0.3, 0.4) is 0 Å². The Labute approximate surface area is 179 Å². The van der Waals surface area contributed by atoms with Gasteiger partial charge < -0.3 is 25.2 Å². The fourth-order valence-corrected chi connectivity index (χ4v) is 3.02. The van der Waals surface area contributed by atoms with E-state index in [4.69, 9.17) is 4.74 Å². The predicted molar refractivity (Wildman–Crippen MR) is 109 cm³/mol. The molecule has 0 spiro atoms. The number of piperidine rings is 1. The Balaban J connectivity index is 2.06. The van der Waals surface area contributed by atoms with Gasteiger partial charge in [-0.25, -0.2) is 9.79 Å². The van der Waals surface area contributed by atoms with Gasteiger partial charge >= 0.3 is 12.3 Å². The van der Waals surface area contributed by atoms with E-state index in [2.05, 4.69) is 15.6 Å². The van der Waals surface area contributed by atoms with E-state index < -0.39 is 11.7 Å². The van der Waals surface area contributed by atoms with E-state index in [1.165, 1.54) is 18.1 Å². The summed E-state index contributed by atoms with van der Waals surface area (Å²) in [5, 5.41) is 6.14. The Bertz CT molecular complexity index is 791. The summed E-state index contributed by atoms with van der Waals surface area (Å²) in [6, 6.07) is 4.96. The quantitative estimate of drug-likeness (QED) is 0.538. The number of likely N-dealkylation sites (N-methyl/N-ethyl adjacent to an activating group) is 1. The molecule has 1 saturated heterocycles. The van der Waals surface area contributed by atoms with Gasteiger partial charge in [-0.05, 0) is 30.5 Å². The fourth-order valence-electron chi connectivity index (χ4n) is 3.02. The molecule has 31 heavy (non-hydrogen) atoms. The summed E-state index contributed by atoms with van der Waals surface area (Å²) >= 11 is 0. The first kappa shape index (κ1) is 24.3. The summed E-state index contributed by atoms with van der Waals surface area (Å²) in [7, 11) is 4.58. The molecule has 11 heteroatoms. The van der Waals surface area contributed by atoms with Gasteiger partial charge in [-0.2, -0.15) is 13.2 Å². The SMILES string of the molecule is COC(=O)N1CCC(NC(=NCc2cccc(C(F)(F)F)c2)NCC(=O)N(C)C)CC1. The topological polar surface area (TPSA) is 86.3 Å². The van der Waals surface area contributed by atoms with Gasteiger partial charge in [0.15, 0.2) is 5.96 Å². The number of rotatable bonds is 5. The molecule has 1 aromatic carbocycles. The zero-order chi connectivity index (χ0) is 23.0. The fraction of sp³-hybridized carbons (Fsp3) is 0.550. The van der Waals surface area contributed by atoms with Crippen molar-refractivity contribution in [3.8, 4) is 0 Å². The molecule has 0 bridgehead atoms. The number of guanidine groups is 1. The number of likely N-dealkylation sites (tertiary alicyclic amines) is 1. The van der Waals surface area contributed by atoms with Crippen molar-refractivity contribution >= 4 is 18.0 Å². The molecule has 1 aliphatic rings. The first-order valence-electron chi connectivity index (χ1n) is 9.84. The Hall–Kier alpha value is -2.98. The molecule has 0 unspecified atom stereocenters. The molecule has 2 rings (SSSR count).